The summed E-state index contributed by atoms with van der Waals surface area (Å²) in [4.78, 5) is 45.2. The minimum absolute atomic E-state index is 0.0849. The minimum Gasteiger partial charge on any atom is -0.480 e. The summed E-state index contributed by atoms with van der Waals surface area (Å²) in [6, 6.07) is 21.6. The van der Waals surface area contributed by atoms with Gasteiger partial charge in [0, 0.05) is 32.5 Å². The average Bonchev–Trinajstić information content (AvgIpc) is 3.97. The molecule has 52 heavy (non-hydrogen) atoms. The van der Waals surface area contributed by atoms with Gasteiger partial charge in [0.25, 0.3) is 11.4 Å². The molecule has 0 fully saturated rings. The maximum Gasteiger partial charge on any atom is 0.271 e. The van der Waals surface area contributed by atoms with Crippen molar-refractivity contribution in [3.05, 3.63) is 123 Å². The van der Waals surface area contributed by atoms with Crippen LogP contribution in [-0.4, -0.2) is 23.0 Å². The van der Waals surface area contributed by atoms with Crippen molar-refractivity contribution in [3.8, 4) is 27.6 Å². The summed E-state index contributed by atoms with van der Waals surface area (Å²) in [6.07, 6.45) is 0. The van der Waals surface area contributed by atoms with E-state index in [9.17, 15) is 20.1 Å². The molecule has 0 bridgehead atoms. The van der Waals surface area contributed by atoms with Crippen molar-refractivity contribution in [2.45, 2.75) is 19.4 Å². The Morgan fingerprint density at radius 3 is 1.67 bits per heavy atom. The summed E-state index contributed by atoms with van der Waals surface area (Å²) in [6.45, 7) is 19.1. The highest BCUT2D eigenvalue weighted by Gasteiger charge is 2.41. The highest BCUT2D eigenvalue weighted by atomic mass is 32.1. The van der Waals surface area contributed by atoms with E-state index in [1.807, 2.05) is 38.1 Å². The minimum atomic E-state index is -0.737. The number of allylic oxidation sites excluding steroid dienone is 4. The third-order valence-electron chi connectivity index (χ3n) is 8.96. The lowest BCUT2D eigenvalue weighted by Gasteiger charge is -2.31. The molecule has 2 aromatic carbocycles. The number of Topliss-reactive ketones (excluding diaryl/α,β-unsaturated/α-hetero) is 2. The van der Waals surface area contributed by atoms with Crippen LogP contribution in [-0.2, 0) is 5.60 Å². The molecule has 9 rings (SSSR count). The van der Waals surface area contributed by atoms with Crippen molar-refractivity contribution in [3.63, 3.8) is 0 Å². The van der Waals surface area contributed by atoms with E-state index < -0.39 is 5.60 Å². The summed E-state index contributed by atoms with van der Waals surface area (Å²) in [5.41, 5.74) is 2.55. The lowest BCUT2D eigenvalue weighted by molar-refractivity contribution is 0.106. The molecule has 2 aliphatic carbocycles. The topological polar surface area (TPSA) is 124 Å². The van der Waals surface area contributed by atoms with E-state index >= 15 is 0 Å². The standard InChI is InChI=1S/C39H16N6O3S4/c1-39(2)29-35-23(13-25(51-35)44-30-27(21(15-40)42-3)17-9-5-7-11-19(17)32(30)46)49-37(29)38-34(48-39)36-24(50-38)14-26(52-36)45-31-28(22(16-41)43-4)18-10-6-8-12-20(18)33(31)47/h5-14H,1-2H3/b27-21+,28-22?,44-30?,45-31?. The van der Waals surface area contributed by atoms with Crippen molar-refractivity contribution in [2.75, 3.05) is 0 Å². The molecule has 6 aromatic rings. The van der Waals surface area contributed by atoms with Crippen molar-refractivity contribution in [1.82, 2.24) is 0 Å². The molecule has 0 spiro atoms. The molecular formula is C39H16N6O3S4. The maximum atomic E-state index is 13.5. The van der Waals surface area contributed by atoms with Crippen LogP contribution in [0.1, 0.15) is 51.3 Å². The average molecular weight is 745 g/mol. The first-order valence-corrected chi connectivity index (χ1v) is 18.8. The number of hydrogen-bond acceptors (Lipinski definition) is 11. The Kier molecular flexibility index (Phi) is 6.91. The van der Waals surface area contributed by atoms with E-state index in [-0.39, 0.29) is 45.5 Å². The highest BCUT2D eigenvalue weighted by Crippen LogP contribution is 2.61. The normalized spacial score (nSPS) is 18.7. The molecule has 13 heteroatoms. The zero-order valence-corrected chi connectivity index (χ0v) is 30.1. The third-order valence-corrected chi connectivity index (χ3v) is 13.7. The van der Waals surface area contributed by atoms with Crippen LogP contribution in [0.3, 0.4) is 0 Å². The van der Waals surface area contributed by atoms with E-state index in [2.05, 4.69) is 9.69 Å². The van der Waals surface area contributed by atoms with Crippen LogP contribution in [0.4, 0.5) is 10.0 Å². The fourth-order valence-electron chi connectivity index (χ4n) is 6.82. The lowest BCUT2D eigenvalue weighted by atomic mass is 9.95. The monoisotopic (exact) mass is 744 g/mol. The summed E-state index contributed by atoms with van der Waals surface area (Å²) >= 11 is 6.03. The van der Waals surface area contributed by atoms with Gasteiger partial charge in [-0.2, -0.15) is 0 Å². The van der Waals surface area contributed by atoms with Crippen LogP contribution in [0.2, 0.25) is 0 Å². The molecule has 0 saturated heterocycles. The fraction of sp³-hybridized carbons (Fsp3) is 0.0769. The molecule has 4 aromatic heterocycles. The third kappa shape index (κ3) is 4.39. The zero-order chi connectivity index (χ0) is 36.1. The van der Waals surface area contributed by atoms with E-state index in [0.717, 1.165) is 39.9 Å². The first-order valence-electron chi connectivity index (χ1n) is 15.5. The number of benzene rings is 2. The lowest BCUT2D eigenvalue weighted by Crippen LogP contribution is -2.27. The molecule has 0 N–H and O–H groups in total. The number of carbonyl (C=O) groups excluding carboxylic acids is 2. The van der Waals surface area contributed by atoms with Crippen molar-refractivity contribution < 1.29 is 14.3 Å². The van der Waals surface area contributed by atoms with Gasteiger partial charge in [0.05, 0.1) is 49.1 Å². The molecule has 3 aliphatic rings. The largest absolute Gasteiger partial charge is 0.480 e. The second-order valence-corrected chi connectivity index (χ2v) is 16.5. The van der Waals surface area contributed by atoms with Gasteiger partial charge in [0.2, 0.25) is 11.6 Å². The Bertz CT molecular complexity index is 2970. The molecule has 244 valence electrons. The van der Waals surface area contributed by atoms with Crippen molar-refractivity contribution in [1.29, 1.82) is 10.5 Å². The van der Waals surface area contributed by atoms with Crippen LogP contribution in [0, 0.1) is 35.8 Å². The van der Waals surface area contributed by atoms with E-state index in [0.29, 0.717) is 32.3 Å². The summed E-state index contributed by atoms with van der Waals surface area (Å²) < 4.78 is 10.6. The molecule has 0 unspecified atom stereocenters. The second kappa shape index (κ2) is 11.3. The number of hydrogen-bond donors (Lipinski definition) is 0. The predicted molar refractivity (Wildman–Crippen MR) is 206 cm³/mol. The fourth-order valence-corrected chi connectivity index (χ4v) is 12.1. The zero-order valence-electron chi connectivity index (χ0n) is 26.8. The smallest absolute Gasteiger partial charge is 0.271 e. The SMILES string of the molecule is [C-]#[N+]C(C#N)=C1C(=Nc2cc3sc4c(c3s2)OC(C)(C)c2c-4sc3cc(N=C4C(=O)c5ccccc5/C4=C(/C#N)[N+]#[C-])sc23)C(=O)c2ccccc21. The van der Waals surface area contributed by atoms with Gasteiger partial charge in [0.1, 0.15) is 27.0 Å². The Labute approximate surface area is 311 Å². The Hall–Kier alpha value is -6.32. The van der Waals surface area contributed by atoms with E-state index in [1.54, 1.807) is 71.2 Å². The number of nitrogens with zero attached hydrogens (tertiary/aromatic N) is 6. The van der Waals surface area contributed by atoms with Crippen molar-refractivity contribution in [2.24, 2.45) is 9.98 Å². The number of nitriles is 2. The molecule has 5 heterocycles. The van der Waals surface area contributed by atoms with Gasteiger partial charge in [-0.05, 0) is 37.1 Å². The van der Waals surface area contributed by atoms with Crippen LogP contribution >= 0.6 is 45.3 Å². The van der Waals surface area contributed by atoms with E-state index in [1.165, 1.54) is 22.7 Å². The quantitative estimate of drug-likeness (QED) is 0.129. The first-order chi connectivity index (χ1) is 25.2. The molecule has 0 atom stereocenters. The molecule has 0 radical (unpaired) electrons. The van der Waals surface area contributed by atoms with Gasteiger partial charge in [-0.15, -0.1) is 45.3 Å². The molecule has 1 aliphatic heterocycles. The Balaban J connectivity index is 1.13. The summed E-state index contributed by atoms with van der Waals surface area (Å²) in [5.74, 6) is 0.103. The molecular weight excluding hydrogens is 729 g/mol. The Morgan fingerprint density at radius 2 is 1.17 bits per heavy atom. The van der Waals surface area contributed by atoms with Crippen LogP contribution < -0.4 is 4.74 Å². The summed E-state index contributed by atoms with van der Waals surface area (Å²) in [7, 11) is 0. The van der Waals surface area contributed by atoms with Gasteiger partial charge < -0.3 is 4.74 Å². The second-order valence-electron chi connectivity index (χ2n) is 12.3. The van der Waals surface area contributed by atoms with Crippen molar-refractivity contribution >= 4 is 108 Å². The van der Waals surface area contributed by atoms with Gasteiger partial charge in [-0.1, -0.05) is 48.5 Å². The molecule has 9 nitrogen and oxygen atoms in total. The highest BCUT2D eigenvalue weighted by molar-refractivity contribution is 7.36. The maximum absolute atomic E-state index is 13.5. The number of carbonyl (C=O) groups is 2. The van der Waals surface area contributed by atoms with E-state index in [4.69, 9.17) is 27.9 Å². The molecule has 0 amide bonds. The first kappa shape index (κ1) is 31.6. The van der Waals surface area contributed by atoms with Gasteiger partial charge in [0.15, 0.2) is 5.75 Å². The number of thiophene rings is 4. The van der Waals surface area contributed by atoms with Crippen LogP contribution in [0.5, 0.6) is 5.75 Å². The number of rotatable bonds is 2. The van der Waals surface area contributed by atoms with Gasteiger partial charge >= 0.3 is 0 Å². The van der Waals surface area contributed by atoms with Gasteiger partial charge in [-0.25, -0.2) is 30.2 Å². The predicted octanol–water partition coefficient (Wildman–Crippen LogP) is 10.8. The summed E-state index contributed by atoms with van der Waals surface area (Å²) in [5, 5.41) is 20.6. The number of ether oxygens (including phenoxy) is 1. The Morgan fingerprint density at radius 1 is 0.712 bits per heavy atom. The molecule has 0 saturated carbocycles. The number of ketones is 2. The van der Waals surface area contributed by atoms with Crippen LogP contribution in [0.25, 0.3) is 49.4 Å². The van der Waals surface area contributed by atoms with Gasteiger partial charge in [-0.3, -0.25) is 9.59 Å². The van der Waals surface area contributed by atoms with Crippen LogP contribution in [0.15, 0.2) is 82.0 Å². The number of fused-ring (bicyclic) bond motifs is 9. The number of aliphatic imine (C=N–C) groups is 2.